The fraction of sp³-hybridized carbons (Fsp3) is 0.429. The molecule has 2 heterocycles. The first-order valence-corrected chi connectivity index (χ1v) is 10.0. The molecule has 2 aromatic heterocycles. The molecule has 0 saturated carbocycles. The molecule has 1 atom stereocenters. The number of nitrogens with zero attached hydrogens (tertiary/aromatic N) is 4. The molecule has 0 aliphatic heterocycles. The Morgan fingerprint density at radius 3 is 3.03 bits per heavy atom. The van der Waals surface area contributed by atoms with E-state index in [1.165, 1.54) is 5.56 Å². The largest absolute Gasteiger partial charge is 0.396 e. The van der Waals surface area contributed by atoms with E-state index in [1.54, 1.807) is 10.9 Å². The van der Waals surface area contributed by atoms with Gasteiger partial charge in [0.2, 0.25) is 11.7 Å². The van der Waals surface area contributed by atoms with E-state index in [0.717, 1.165) is 24.0 Å². The van der Waals surface area contributed by atoms with E-state index < -0.39 is 0 Å². The summed E-state index contributed by atoms with van der Waals surface area (Å²) in [5.74, 6) is 1.11. The number of aliphatic hydroxyl groups excluding tert-OH is 1. The second-order valence-corrected chi connectivity index (χ2v) is 7.31. The fourth-order valence-electron chi connectivity index (χ4n) is 3.75. The number of fused-ring (bicyclic) bond motifs is 1. The fourth-order valence-corrected chi connectivity index (χ4v) is 3.75. The summed E-state index contributed by atoms with van der Waals surface area (Å²) in [6, 6.07) is 6.08. The Kier molecular flexibility index (Phi) is 5.44. The van der Waals surface area contributed by atoms with Gasteiger partial charge in [0.1, 0.15) is 0 Å². The van der Waals surface area contributed by atoms with Crippen molar-refractivity contribution < 1.29 is 14.4 Å². The Bertz CT molecular complexity index is 1020. The number of hydrogen-bond acceptors (Lipinski definition) is 6. The number of aromatic nitrogens is 4. The van der Waals surface area contributed by atoms with Gasteiger partial charge in [0, 0.05) is 31.3 Å². The van der Waals surface area contributed by atoms with Crippen LogP contribution in [0.15, 0.2) is 28.9 Å². The van der Waals surface area contributed by atoms with E-state index in [4.69, 9.17) is 9.63 Å². The standard InChI is InChI=1S/C21H25N5O3/c1-3-19-23-20(25-29-19)15-5-7-16-14(11-15)6-8-18(16)22-21(28)17-12-26(9-4-10-27)24-13(17)2/h5,7,11-12,18,27H,3-4,6,8-10H2,1-2H3,(H,22,28). The molecule has 8 heteroatoms. The van der Waals surface area contributed by atoms with Gasteiger partial charge >= 0.3 is 0 Å². The van der Waals surface area contributed by atoms with Crippen molar-refractivity contribution >= 4 is 5.91 Å². The second-order valence-electron chi connectivity index (χ2n) is 7.31. The van der Waals surface area contributed by atoms with Crippen LogP contribution in [0.5, 0.6) is 0 Å². The van der Waals surface area contributed by atoms with E-state index in [1.807, 2.05) is 26.0 Å². The summed E-state index contributed by atoms with van der Waals surface area (Å²) >= 11 is 0. The molecule has 1 aliphatic carbocycles. The zero-order chi connectivity index (χ0) is 20.4. The maximum atomic E-state index is 12.8. The SMILES string of the molecule is CCc1nc(-c2ccc3c(c2)CCC3NC(=O)c2cn(CCCO)nc2C)no1. The lowest BCUT2D eigenvalue weighted by molar-refractivity contribution is 0.0936. The normalized spacial score (nSPS) is 15.5. The van der Waals surface area contributed by atoms with Crippen molar-refractivity contribution in [2.24, 2.45) is 0 Å². The average molecular weight is 395 g/mol. The van der Waals surface area contributed by atoms with Crippen molar-refractivity contribution in [2.45, 2.75) is 52.1 Å². The number of rotatable bonds is 7. The minimum atomic E-state index is -0.120. The molecule has 1 amide bonds. The van der Waals surface area contributed by atoms with Crippen molar-refractivity contribution in [3.8, 4) is 11.4 Å². The summed E-state index contributed by atoms with van der Waals surface area (Å²) in [6.07, 6.45) is 4.82. The maximum Gasteiger partial charge on any atom is 0.255 e. The van der Waals surface area contributed by atoms with Crippen molar-refractivity contribution in [1.82, 2.24) is 25.2 Å². The Balaban J connectivity index is 1.48. The number of nitrogens with one attached hydrogen (secondary N) is 1. The first-order valence-electron chi connectivity index (χ1n) is 10.0. The Hall–Kier alpha value is -3.00. The molecule has 1 aliphatic rings. The van der Waals surface area contributed by atoms with Crippen LogP contribution in [0.4, 0.5) is 0 Å². The van der Waals surface area contributed by atoms with E-state index in [0.29, 0.717) is 42.4 Å². The molecule has 1 unspecified atom stereocenters. The highest BCUT2D eigenvalue weighted by atomic mass is 16.5. The summed E-state index contributed by atoms with van der Waals surface area (Å²) in [5.41, 5.74) is 4.53. The van der Waals surface area contributed by atoms with E-state index in [2.05, 4.69) is 26.6 Å². The topological polar surface area (TPSA) is 106 Å². The van der Waals surface area contributed by atoms with Crippen LogP contribution >= 0.6 is 0 Å². The van der Waals surface area contributed by atoms with Crippen LogP contribution in [0.3, 0.4) is 0 Å². The number of amides is 1. The van der Waals surface area contributed by atoms with Crippen LogP contribution in [-0.2, 0) is 19.4 Å². The average Bonchev–Trinajstić information content (AvgIpc) is 3.44. The predicted molar refractivity (Wildman–Crippen MR) is 106 cm³/mol. The lowest BCUT2D eigenvalue weighted by atomic mass is 10.0. The predicted octanol–water partition coefficient (Wildman–Crippen LogP) is 2.60. The highest BCUT2D eigenvalue weighted by Crippen LogP contribution is 2.34. The smallest absolute Gasteiger partial charge is 0.255 e. The van der Waals surface area contributed by atoms with E-state index >= 15 is 0 Å². The van der Waals surface area contributed by atoms with Crippen molar-refractivity contribution in [3.63, 3.8) is 0 Å². The zero-order valence-corrected chi connectivity index (χ0v) is 16.7. The van der Waals surface area contributed by atoms with Gasteiger partial charge in [0.15, 0.2) is 0 Å². The molecule has 1 aromatic carbocycles. The molecule has 3 aromatic rings. The molecule has 8 nitrogen and oxygen atoms in total. The summed E-state index contributed by atoms with van der Waals surface area (Å²) in [5, 5.41) is 20.5. The summed E-state index contributed by atoms with van der Waals surface area (Å²) < 4.78 is 6.92. The third-order valence-corrected chi connectivity index (χ3v) is 5.29. The Morgan fingerprint density at radius 2 is 2.28 bits per heavy atom. The van der Waals surface area contributed by atoms with Gasteiger partial charge in [-0.05, 0) is 43.4 Å². The van der Waals surface area contributed by atoms with Gasteiger partial charge in [0.05, 0.1) is 17.3 Å². The molecule has 29 heavy (non-hydrogen) atoms. The van der Waals surface area contributed by atoms with Gasteiger partial charge in [0.25, 0.3) is 5.91 Å². The van der Waals surface area contributed by atoms with E-state index in [9.17, 15) is 4.79 Å². The molecule has 0 fully saturated rings. The number of hydrogen-bond donors (Lipinski definition) is 2. The van der Waals surface area contributed by atoms with Gasteiger partial charge < -0.3 is 14.9 Å². The van der Waals surface area contributed by atoms with Crippen LogP contribution in [0, 0.1) is 6.92 Å². The van der Waals surface area contributed by atoms with Crippen LogP contribution in [0.1, 0.15) is 58.9 Å². The minimum Gasteiger partial charge on any atom is -0.396 e. The van der Waals surface area contributed by atoms with Gasteiger partial charge in [-0.2, -0.15) is 10.1 Å². The molecule has 2 N–H and O–H groups in total. The number of carbonyl (C=O) groups is 1. The first-order chi connectivity index (χ1) is 14.1. The van der Waals surface area contributed by atoms with Crippen LogP contribution in [-0.4, -0.2) is 37.5 Å². The number of carbonyl (C=O) groups excluding carboxylic acids is 1. The van der Waals surface area contributed by atoms with Gasteiger partial charge in [-0.25, -0.2) is 0 Å². The van der Waals surface area contributed by atoms with Gasteiger partial charge in [-0.1, -0.05) is 24.2 Å². The molecular weight excluding hydrogens is 370 g/mol. The van der Waals surface area contributed by atoms with Gasteiger partial charge in [-0.15, -0.1) is 0 Å². The maximum absolute atomic E-state index is 12.8. The third kappa shape index (κ3) is 3.93. The molecule has 0 saturated heterocycles. The molecule has 152 valence electrons. The van der Waals surface area contributed by atoms with Crippen molar-refractivity contribution in [3.05, 3.63) is 52.7 Å². The van der Waals surface area contributed by atoms with Crippen molar-refractivity contribution in [2.75, 3.05) is 6.61 Å². The number of aliphatic hydroxyl groups is 1. The molecule has 0 spiro atoms. The Morgan fingerprint density at radius 1 is 1.41 bits per heavy atom. The van der Waals surface area contributed by atoms with Crippen LogP contribution < -0.4 is 5.32 Å². The lowest BCUT2D eigenvalue weighted by Gasteiger charge is -2.14. The highest BCUT2D eigenvalue weighted by molar-refractivity contribution is 5.95. The Labute approximate surface area is 168 Å². The number of benzene rings is 1. The summed E-state index contributed by atoms with van der Waals surface area (Å²) in [7, 11) is 0. The number of aryl methyl sites for hydroxylation is 4. The molecule has 4 rings (SSSR count). The molecule has 0 radical (unpaired) electrons. The zero-order valence-electron chi connectivity index (χ0n) is 16.7. The quantitative estimate of drug-likeness (QED) is 0.637. The van der Waals surface area contributed by atoms with Gasteiger partial charge in [-0.3, -0.25) is 9.48 Å². The summed E-state index contributed by atoms with van der Waals surface area (Å²) in [6.45, 7) is 4.50. The second kappa shape index (κ2) is 8.16. The highest BCUT2D eigenvalue weighted by Gasteiger charge is 2.26. The van der Waals surface area contributed by atoms with Crippen LogP contribution in [0.2, 0.25) is 0 Å². The monoisotopic (exact) mass is 395 g/mol. The van der Waals surface area contributed by atoms with Crippen LogP contribution in [0.25, 0.3) is 11.4 Å². The molecular formula is C21H25N5O3. The third-order valence-electron chi connectivity index (χ3n) is 5.29. The van der Waals surface area contributed by atoms with E-state index in [-0.39, 0.29) is 18.6 Å². The minimum absolute atomic E-state index is 0.0248. The molecule has 0 bridgehead atoms. The van der Waals surface area contributed by atoms with Crippen molar-refractivity contribution in [1.29, 1.82) is 0 Å². The lowest BCUT2D eigenvalue weighted by Crippen LogP contribution is -2.27. The summed E-state index contributed by atoms with van der Waals surface area (Å²) in [4.78, 5) is 17.2. The first kappa shape index (κ1) is 19.3.